The van der Waals surface area contributed by atoms with Crippen LogP contribution in [0.3, 0.4) is 0 Å². The second kappa shape index (κ2) is 6.75. The van der Waals surface area contributed by atoms with E-state index in [4.69, 9.17) is 0 Å². The minimum Gasteiger partial charge on any atom is -0.368 e. The molecule has 0 bridgehead atoms. The molecule has 3 heterocycles. The van der Waals surface area contributed by atoms with Gasteiger partial charge in [-0.3, -0.25) is 14.7 Å². The van der Waals surface area contributed by atoms with Gasteiger partial charge in [-0.2, -0.15) is 0 Å². The highest BCUT2D eigenvalue weighted by Crippen LogP contribution is 2.18. The molecule has 0 radical (unpaired) electrons. The Bertz CT molecular complexity index is 865. The maximum Gasteiger partial charge on any atom is 0.305 e. The Morgan fingerprint density at radius 2 is 2.04 bits per heavy atom. The Morgan fingerprint density at radius 1 is 1.17 bits per heavy atom. The van der Waals surface area contributed by atoms with Crippen LogP contribution in [0.1, 0.15) is 5.56 Å². The maximum atomic E-state index is 11.4. The summed E-state index contributed by atoms with van der Waals surface area (Å²) in [7, 11) is 0. The van der Waals surface area contributed by atoms with Crippen molar-refractivity contribution in [3.05, 3.63) is 58.0 Å². The molecule has 3 aromatic rings. The van der Waals surface area contributed by atoms with Crippen molar-refractivity contribution in [3.63, 3.8) is 0 Å². The number of nitrogens with zero attached hydrogens (tertiary/aromatic N) is 3. The normalized spacial score (nSPS) is 15.9. The zero-order chi connectivity index (χ0) is 16.4. The van der Waals surface area contributed by atoms with Gasteiger partial charge in [-0.15, -0.1) is 0 Å². The average molecular weight is 340 g/mol. The summed E-state index contributed by atoms with van der Waals surface area (Å²) in [5.74, 6) is 0. The monoisotopic (exact) mass is 340 g/mol. The van der Waals surface area contributed by atoms with Gasteiger partial charge in [0.15, 0.2) is 0 Å². The number of H-pyrrole nitrogens is 1. The lowest BCUT2D eigenvalue weighted by molar-refractivity contribution is 0.261. The zero-order valence-electron chi connectivity index (χ0n) is 13.4. The largest absolute Gasteiger partial charge is 0.368 e. The number of fused-ring (bicyclic) bond motifs is 1. The highest BCUT2D eigenvalue weighted by atomic mass is 32.1. The summed E-state index contributed by atoms with van der Waals surface area (Å²) in [6.45, 7) is 5.31. The van der Waals surface area contributed by atoms with Gasteiger partial charge in [-0.1, -0.05) is 17.4 Å². The molecule has 0 amide bonds. The van der Waals surface area contributed by atoms with Gasteiger partial charge in [0.25, 0.3) is 0 Å². The van der Waals surface area contributed by atoms with Crippen molar-refractivity contribution in [2.24, 2.45) is 0 Å². The molecule has 2 aromatic heterocycles. The van der Waals surface area contributed by atoms with Crippen molar-refractivity contribution in [2.75, 3.05) is 37.6 Å². The number of aromatic amines is 1. The summed E-state index contributed by atoms with van der Waals surface area (Å²) in [6, 6.07) is 10.4. The van der Waals surface area contributed by atoms with E-state index in [0.717, 1.165) is 49.4 Å². The molecule has 124 valence electrons. The number of anilines is 1. The first-order valence-corrected chi connectivity index (χ1v) is 9.09. The van der Waals surface area contributed by atoms with Crippen LogP contribution in [0.15, 0.2) is 47.5 Å². The van der Waals surface area contributed by atoms with Crippen molar-refractivity contribution in [1.29, 1.82) is 0 Å². The van der Waals surface area contributed by atoms with Crippen LogP contribution in [0.5, 0.6) is 0 Å². The standard InChI is InChI=1S/C18H20N4OS/c23-18-20-16-4-3-14(12-17(16)24-18)5-7-21-8-10-22(11-9-21)15-2-1-6-19-13-15/h1-4,6,12-13H,5,7-11H2,(H,20,23). The van der Waals surface area contributed by atoms with Gasteiger partial charge in [0.05, 0.1) is 22.1 Å². The number of nitrogens with one attached hydrogen (secondary N) is 1. The fourth-order valence-corrected chi connectivity index (χ4v) is 4.00. The molecule has 6 heteroatoms. The summed E-state index contributed by atoms with van der Waals surface area (Å²) in [4.78, 5) is 23.4. The number of benzene rings is 1. The minimum absolute atomic E-state index is 0.0219. The molecule has 0 saturated carbocycles. The molecule has 1 aromatic carbocycles. The molecule has 0 atom stereocenters. The third-order valence-electron chi connectivity index (χ3n) is 4.59. The van der Waals surface area contributed by atoms with Crippen molar-refractivity contribution < 1.29 is 0 Å². The Labute approximate surface area is 144 Å². The van der Waals surface area contributed by atoms with Crippen molar-refractivity contribution in [3.8, 4) is 0 Å². The lowest BCUT2D eigenvalue weighted by Crippen LogP contribution is -2.47. The Balaban J connectivity index is 1.32. The van der Waals surface area contributed by atoms with Crippen LogP contribution in [-0.2, 0) is 6.42 Å². The van der Waals surface area contributed by atoms with Crippen LogP contribution in [-0.4, -0.2) is 47.6 Å². The third kappa shape index (κ3) is 3.34. The molecular formula is C18H20N4OS. The highest BCUT2D eigenvalue weighted by molar-refractivity contribution is 7.16. The summed E-state index contributed by atoms with van der Waals surface area (Å²) in [6.07, 6.45) is 4.78. The number of hydrogen-bond acceptors (Lipinski definition) is 5. The van der Waals surface area contributed by atoms with Crippen LogP contribution in [0.25, 0.3) is 10.2 Å². The fourth-order valence-electron chi connectivity index (χ4n) is 3.20. The molecule has 5 nitrogen and oxygen atoms in total. The number of pyridine rings is 1. The first-order chi connectivity index (χ1) is 11.8. The Kier molecular flexibility index (Phi) is 4.32. The lowest BCUT2D eigenvalue weighted by Gasteiger charge is -2.35. The Hall–Kier alpha value is -2.18. The summed E-state index contributed by atoms with van der Waals surface area (Å²) in [5, 5.41) is 0. The van der Waals surface area contributed by atoms with E-state index in [1.54, 1.807) is 0 Å². The van der Waals surface area contributed by atoms with Crippen LogP contribution >= 0.6 is 11.3 Å². The third-order valence-corrected chi connectivity index (χ3v) is 5.43. The average Bonchev–Trinajstić information content (AvgIpc) is 3.00. The molecule has 1 saturated heterocycles. The molecule has 1 aliphatic rings. The summed E-state index contributed by atoms with van der Waals surface area (Å²) in [5.41, 5.74) is 3.45. The molecule has 4 rings (SSSR count). The molecular weight excluding hydrogens is 320 g/mol. The molecule has 1 fully saturated rings. The molecule has 0 spiro atoms. The van der Waals surface area contributed by atoms with E-state index in [2.05, 4.69) is 38.0 Å². The molecule has 1 N–H and O–H groups in total. The van der Waals surface area contributed by atoms with Crippen molar-refractivity contribution >= 4 is 27.2 Å². The van der Waals surface area contributed by atoms with Crippen LogP contribution in [0.2, 0.25) is 0 Å². The quantitative estimate of drug-likeness (QED) is 0.792. The van der Waals surface area contributed by atoms with Gasteiger partial charge in [-0.05, 0) is 36.2 Å². The highest BCUT2D eigenvalue weighted by Gasteiger charge is 2.17. The second-order valence-electron chi connectivity index (χ2n) is 6.13. The van der Waals surface area contributed by atoms with Crippen molar-refractivity contribution in [1.82, 2.24) is 14.9 Å². The Morgan fingerprint density at radius 3 is 2.83 bits per heavy atom. The van der Waals surface area contributed by atoms with Crippen LogP contribution < -0.4 is 9.77 Å². The number of rotatable bonds is 4. The second-order valence-corrected chi connectivity index (χ2v) is 7.15. The lowest BCUT2D eigenvalue weighted by atomic mass is 10.1. The summed E-state index contributed by atoms with van der Waals surface area (Å²) < 4.78 is 1.05. The first-order valence-electron chi connectivity index (χ1n) is 8.27. The van der Waals surface area contributed by atoms with E-state index >= 15 is 0 Å². The van der Waals surface area contributed by atoms with E-state index < -0.39 is 0 Å². The van der Waals surface area contributed by atoms with E-state index in [9.17, 15) is 4.79 Å². The zero-order valence-corrected chi connectivity index (χ0v) is 14.3. The van der Waals surface area contributed by atoms with E-state index in [1.807, 2.05) is 24.5 Å². The van der Waals surface area contributed by atoms with Crippen LogP contribution in [0.4, 0.5) is 5.69 Å². The minimum atomic E-state index is 0.0219. The topological polar surface area (TPSA) is 52.2 Å². The van der Waals surface area contributed by atoms with E-state index in [0.29, 0.717) is 0 Å². The van der Waals surface area contributed by atoms with Gasteiger partial charge < -0.3 is 9.88 Å². The fraction of sp³-hybridized carbons (Fsp3) is 0.333. The number of hydrogen-bond donors (Lipinski definition) is 1. The predicted octanol–water partition coefficient (Wildman–Crippen LogP) is 2.35. The molecule has 0 unspecified atom stereocenters. The molecule has 24 heavy (non-hydrogen) atoms. The van der Waals surface area contributed by atoms with Gasteiger partial charge >= 0.3 is 4.87 Å². The number of thiazole rings is 1. The SMILES string of the molecule is O=c1[nH]c2ccc(CCN3CCN(c4cccnc4)CC3)cc2s1. The smallest absolute Gasteiger partial charge is 0.305 e. The number of aromatic nitrogens is 2. The maximum absolute atomic E-state index is 11.4. The van der Waals surface area contributed by atoms with Gasteiger partial charge in [-0.25, -0.2) is 0 Å². The van der Waals surface area contributed by atoms with Gasteiger partial charge in [0.1, 0.15) is 0 Å². The summed E-state index contributed by atoms with van der Waals surface area (Å²) >= 11 is 1.29. The first kappa shape index (κ1) is 15.4. The van der Waals surface area contributed by atoms with Crippen LogP contribution in [0, 0.1) is 0 Å². The number of piperazine rings is 1. The molecule has 1 aliphatic heterocycles. The van der Waals surface area contributed by atoms with Gasteiger partial charge in [0, 0.05) is 38.9 Å². The van der Waals surface area contributed by atoms with Crippen molar-refractivity contribution in [2.45, 2.75) is 6.42 Å². The van der Waals surface area contributed by atoms with E-state index in [-0.39, 0.29) is 4.87 Å². The predicted molar refractivity (Wildman–Crippen MR) is 99.0 cm³/mol. The van der Waals surface area contributed by atoms with Gasteiger partial charge in [0.2, 0.25) is 0 Å². The van der Waals surface area contributed by atoms with E-state index in [1.165, 1.54) is 22.6 Å². The molecule has 0 aliphatic carbocycles.